The van der Waals surface area contributed by atoms with Crippen LogP contribution in [-0.4, -0.2) is 32.5 Å². The van der Waals surface area contributed by atoms with Gasteiger partial charge in [-0.15, -0.1) is 0 Å². The zero-order chi connectivity index (χ0) is 9.45. The van der Waals surface area contributed by atoms with E-state index in [1.807, 2.05) is 13.8 Å². The Labute approximate surface area is 75.2 Å². The van der Waals surface area contributed by atoms with E-state index in [4.69, 9.17) is 15.2 Å². The highest BCUT2D eigenvalue weighted by Gasteiger charge is 2.09. The van der Waals surface area contributed by atoms with Crippen molar-refractivity contribution in [2.24, 2.45) is 5.73 Å². The fourth-order valence-electron chi connectivity index (χ4n) is 0.743. The Morgan fingerprint density at radius 3 is 2.33 bits per heavy atom. The van der Waals surface area contributed by atoms with E-state index < -0.39 is 0 Å². The van der Waals surface area contributed by atoms with Crippen LogP contribution in [-0.2, 0) is 9.47 Å². The van der Waals surface area contributed by atoms with Gasteiger partial charge in [0.1, 0.15) is 0 Å². The molecule has 0 amide bonds. The third-order valence-electron chi connectivity index (χ3n) is 1.53. The molecule has 3 heteroatoms. The van der Waals surface area contributed by atoms with Crippen molar-refractivity contribution < 1.29 is 9.47 Å². The number of hydrogen-bond acceptors (Lipinski definition) is 3. The van der Waals surface area contributed by atoms with Crippen molar-refractivity contribution >= 4 is 0 Å². The third-order valence-corrected chi connectivity index (χ3v) is 1.53. The van der Waals surface area contributed by atoms with Crippen LogP contribution in [0, 0.1) is 0 Å². The Morgan fingerprint density at radius 2 is 1.83 bits per heavy atom. The van der Waals surface area contributed by atoms with Gasteiger partial charge in [-0.2, -0.15) is 0 Å². The molecule has 0 radical (unpaired) electrons. The van der Waals surface area contributed by atoms with Crippen LogP contribution < -0.4 is 5.73 Å². The molecule has 0 bridgehead atoms. The van der Waals surface area contributed by atoms with E-state index in [1.165, 1.54) is 0 Å². The lowest BCUT2D eigenvalue weighted by molar-refractivity contribution is 0.0932. The molecule has 2 N–H and O–H groups in total. The Kier molecular flexibility index (Phi) is 6.34. The predicted octanol–water partition coefficient (Wildman–Crippen LogP) is 1.17. The Hall–Kier alpha value is -0.120. The van der Waals surface area contributed by atoms with Crippen molar-refractivity contribution in [3.63, 3.8) is 0 Å². The number of ether oxygens (including phenoxy) is 2. The summed E-state index contributed by atoms with van der Waals surface area (Å²) in [5, 5.41) is 0. The maximum Gasteiger partial charge on any atom is 0.0487 e. The van der Waals surface area contributed by atoms with Crippen LogP contribution in [0.3, 0.4) is 0 Å². The largest absolute Gasteiger partial charge is 0.385 e. The van der Waals surface area contributed by atoms with Gasteiger partial charge >= 0.3 is 0 Å². The van der Waals surface area contributed by atoms with Crippen LogP contribution in [0.5, 0.6) is 0 Å². The average Bonchev–Trinajstić information content (AvgIpc) is 1.94. The average molecular weight is 175 g/mol. The number of rotatable bonds is 7. The second kappa shape index (κ2) is 6.40. The minimum atomic E-state index is -0.110. The molecule has 0 aliphatic heterocycles. The van der Waals surface area contributed by atoms with Crippen molar-refractivity contribution in [2.45, 2.75) is 32.2 Å². The Morgan fingerprint density at radius 1 is 1.17 bits per heavy atom. The molecule has 0 aromatic rings. The van der Waals surface area contributed by atoms with Crippen LogP contribution in [0.25, 0.3) is 0 Å². The van der Waals surface area contributed by atoms with Gasteiger partial charge in [0.2, 0.25) is 0 Å². The highest BCUT2D eigenvalue weighted by Crippen LogP contribution is 2.02. The zero-order valence-corrected chi connectivity index (χ0v) is 8.43. The first kappa shape index (κ1) is 11.9. The molecule has 0 saturated carbocycles. The summed E-state index contributed by atoms with van der Waals surface area (Å²) in [6, 6.07) is 0. The van der Waals surface area contributed by atoms with Crippen LogP contribution >= 0.6 is 0 Å². The van der Waals surface area contributed by atoms with Gasteiger partial charge < -0.3 is 15.2 Å². The van der Waals surface area contributed by atoms with Gasteiger partial charge in [0.25, 0.3) is 0 Å². The second-order valence-electron chi connectivity index (χ2n) is 3.70. The molecule has 0 aliphatic rings. The van der Waals surface area contributed by atoms with Crippen LogP contribution in [0.1, 0.15) is 26.7 Å². The minimum absolute atomic E-state index is 0.110. The Balaban J connectivity index is 3.01. The summed E-state index contributed by atoms with van der Waals surface area (Å²) in [7, 11) is 1.70. The summed E-state index contributed by atoms with van der Waals surface area (Å²) in [5.41, 5.74) is 5.66. The summed E-state index contributed by atoms with van der Waals surface area (Å²) in [4.78, 5) is 0. The first-order valence-corrected chi connectivity index (χ1v) is 4.42. The summed E-state index contributed by atoms with van der Waals surface area (Å²) in [5.74, 6) is 0. The van der Waals surface area contributed by atoms with E-state index in [9.17, 15) is 0 Å². The smallest absolute Gasteiger partial charge is 0.0487 e. The van der Waals surface area contributed by atoms with E-state index in [2.05, 4.69) is 0 Å². The lowest BCUT2D eigenvalue weighted by Crippen LogP contribution is -2.33. The Bertz CT molecular complexity index is 99.2. The highest BCUT2D eigenvalue weighted by molar-refractivity contribution is 4.70. The summed E-state index contributed by atoms with van der Waals surface area (Å²) in [6.45, 7) is 6.29. The van der Waals surface area contributed by atoms with Crippen molar-refractivity contribution in [3.8, 4) is 0 Å². The van der Waals surface area contributed by atoms with Gasteiger partial charge in [-0.05, 0) is 26.7 Å². The van der Waals surface area contributed by atoms with Gasteiger partial charge in [-0.25, -0.2) is 0 Å². The first-order valence-electron chi connectivity index (χ1n) is 4.42. The van der Waals surface area contributed by atoms with Crippen molar-refractivity contribution in [3.05, 3.63) is 0 Å². The van der Waals surface area contributed by atoms with Crippen LogP contribution in [0.4, 0.5) is 0 Å². The minimum Gasteiger partial charge on any atom is -0.385 e. The molecule has 0 rings (SSSR count). The molecule has 0 spiro atoms. The van der Waals surface area contributed by atoms with E-state index in [-0.39, 0.29) is 5.54 Å². The molecular formula is C9H21NO2. The zero-order valence-electron chi connectivity index (χ0n) is 8.43. The summed E-state index contributed by atoms with van der Waals surface area (Å²) < 4.78 is 10.2. The fraction of sp³-hybridized carbons (Fsp3) is 1.00. The number of hydrogen-bond donors (Lipinski definition) is 1. The molecule has 0 aromatic carbocycles. The quantitative estimate of drug-likeness (QED) is 0.591. The van der Waals surface area contributed by atoms with Crippen LogP contribution in [0.15, 0.2) is 0 Å². The topological polar surface area (TPSA) is 44.5 Å². The maximum absolute atomic E-state index is 5.77. The van der Waals surface area contributed by atoms with Gasteiger partial charge in [0, 0.05) is 32.5 Å². The van der Waals surface area contributed by atoms with Gasteiger partial charge in [-0.3, -0.25) is 0 Å². The third kappa shape index (κ3) is 9.88. The SMILES string of the molecule is COCCCOCCC(C)(C)N. The number of nitrogens with two attached hydrogens (primary N) is 1. The van der Waals surface area contributed by atoms with Crippen molar-refractivity contribution in [1.82, 2.24) is 0 Å². The van der Waals surface area contributed by atoms with E-state index in [0.29, 0.717) is 0 Å². The predicted molar refractivity (Wildman–Crippen MR) is 50.2 cm³/mol. The molecule has 0 fully saturated rings. The molecule has 3 nitrogen and oxygen atoms in total. The molecule has 74 valence electrons. The normalized spacial score (nSPS) is 12.0. The molecule has 12 heavy (non-hydrogen) atoms. The van der Waals surface area contributed by atoms with Crippen molar-refractivity contribution in [1.29, 1.82) is 0 Å². The lowest BCUT2D eigenvalue weighted by atomic mass is 10.0. The molecule has 0 saturated heterocycles. The molecule has 0 unspecified atom stereocenters. The van der Waals surface area contributed by atoms with E-state index in [1.54, 1.807) is 7.11 Å². The molecule has 0 atom stereocenters. The summed E-state index contributed by atoms with van der Waals surface area (Å²) in [6.07, 6.45) is 1.86. The van der Waals surface area contributed by atoms with Gasteiger partial charge in [0.15, 0.2) is 0 Å². The lowest BCUT2D eigenvalue weighted by Gasteiger charge is -2.17. The molecular weight excluding hydrogens is 154 g/mol. The van der Waals surface area contributed by atoms with Crippen molar-refractivity contribution in [2.75, 3.05) is 26.9 Å². The van der Waals surface area contributed by atoms with E-state index in [0.717, 1.165) is 32.7 Å². The fourth-order valence-corrected chi connectivity index (χ4v) is 0.743. The van der Waals surface area contributed by atoms with Crippen LogP contribution in [0.2, 0.25) is 0 Å². The molecule has 0 aliphatic carbocycles. The van der Waals surface area contributed by atoms with E-state index >= 15 is 0 Å². The second-order valence-corrected chi connectivity index (χ2v) is 3.70. The molecule has 0 heterocycles. The van der Waals surface area contributed by atoms with Gasteiger partial charge in [-0.1, -0.05) is 0 Å². The first-order chi connectivity index (χ1) is 5.56. The van der Waals surface area contributed by atoms with Gasteiger partial charge in [0.05, 0.1) is 0 Å². The maximum atomic E-state index is 5.77. The number of methoxy groups -OCH3 is 1. The molecule has 0 aromatic heterocycles. The highest BCUT2D eigenvalue weighted by atomic mass is 16.5. The monoisotopic (exact) mass is 175 g/mol. The standard InChI is InChI=1S/C9H21NO2/c1-9(2,10)5-8-12-7-4-6-11-3/h4-8,10H2,1-3H3. The summed E-state index contributed by atoms with van der Waals surface area (Å²) >= 11 is 0.